The highest BCUT2D eigenvalue weighted by Gasteiger charge is 2.25. The van der Waals surface area contributed by atoms with Crippen molar-refractivity contribution in [2.24, 2.45) is 0 Å². The molecule has 0 aromatic heterocycles. The van der Waals surface area contributed by atoms with Crippen LogP contribution in [-0.4, -0.2) is 11.2 Å². The van der Waals surface area contributed by atoms with Crippen molar-refractivity contribution < 1.29 is 5.11 Å². The molecule has 2 atom stereocenters. The SMILES string of the molecule is CCC[C@@H](O)C1CCCc2ccccc21. The lowest BCUT2D eigenvalue weighted by Crippen LogP contribution is -2.22. The summed E-state index contributed by atoms with van der Waals surface area (Å²) in [6.45, 7) is 2.14. The number of hydrogen-bond acceptors (Lipinski definition) is 1. The molecule has 1 aliphatic carbocycles. The van der Waals surface area contributed by atoms with E-state index in [-0.39, 0.29) is 6.10 Å². The molecular weight excluding hydrogens is 184 g/mol. The summed E-state index contributed by atoms with van der Waals surface area (Å²) in [5, 5.41) is 10.1. The molecule has 0 heterocycles. The van der Waals surface area contributed by atoms with Crippen LogP contribution in [0, 0.1) is 0 Å². The maximum atomic E-state index is 10.1. The maximum Gasteiger partial charge on any atom is 0.0608 e. The summed E-state index contributed by atoms with van der Waals surface area (Å²) in [5.41, 5.74) is 2.84. The zero-order valence-electron chi connectivity index (χ0n) is 9.45. The van der Waals surface area contributed by atoms with Crippen LogP contribution in [-0.2, 0) is 6.42 Å². The Kier molecular flexibility index (Phi) is 3.42. The van der Waals surface area contributed by atoms with Crippen molar-refractivity contribution in [3.05, 3.63) is 35.4 Å². The minimum atomic E-state index is -0.142. The summed E-state index contributed by atoms with van der Waals surface area (Å²) in [6, 6.07) is 8.60. The minimum Gasteiger partial charge on any atom is -0.392 e. The van der Waals surface area contributed by atoms with Crippen molar-refractivity contribution in [2.45, 2.75) is 51.0 Å². The number of aryl methyl sites for hydroxylation is 1. The van der Waals surface area contributed by atoms with Gasteiger partial charge in [-0.25, -0.2) is 0 Å². The van der Waals surface area contributed by atoms with E-state index in [9.17, 15) is 5.11 Å². The Morgan fingerprint density at radius 2 is 2.20 bits per heavy atom. The molecule has 1 unspecified atom stereocenters. The number of hydrogen-bond donors (Lipinski definition) is 1. The Hall–Kier alpha value is -0.820. The second-order valence-corrected chi connectivity index (χ2v) is 4.55. The monoisotopic (exact) mass is 204 g/mol. The molecule has 1 aliphatic rings. The number of benzene rings is 1. The van der Waals surface area contributed by atoms with Gasteiger partial charge in [0.15, 0.2) is 0 Å². The van der Waals surface area contributed by atoms with Crippen LogP contribution in [0.2, 0.25) is 0 Å². The maximum absolute atomic E-state index is 10.1. The zero-order chi connectivity index (χ0) is 10.7. The quantitative estimate of drug-likeness (QED) is 0.801. The molecule has 82 valence electrons. The largest absolute Gasteiger partial charge is 0.392 e. The first-order valence-electron chi connectivity index (χ1n) is 6.08. The van der Waals surface area contributed by atoms with E-state index in [1.165, 1.54) is 24.0 Å². The molecule has 1 aromatic carbocycles. The molecule has 0 fully saturated rings. The van der Waals surface area contributed by atoms with E-state index < -0.39 is 0 Å². The lowest BCUT2D eigenvalue weighted by atomic mass is 9.79. The van der Waals surface area contributed by atoms with Crippen molar-refractivity contribution in [1.29, 1.82) is 0 Å². The fourth-order valence-electron chi connectivity index (χ4n) is 2.69. The molecule has 15 heavy (non-hydrogen) atoms. The third-order valence-electron chi connectivity index (χ3n) is 3.46. The highest BCUT2D eigenvalue weighted by Crippen LogP contribution is 2.35. The third-order valence-corrected chi connectivity index (χ3v) is 3.46. The lowest BCUT2D eigenvalue weighted by Gasteiger charge is -2.29. The summed E-state index contributed by atoms with van der Waals surface area (Å²) in [4.78, 5) is 0. The lowest BCUT2D eigenvalue weighted by molar-refractivity contribution is 0.124. The summed E-state index contributed by atoms with van der Waals surface area (Å²) in [5.74, 6) is 0.384. The van der Waals surface area contributed by atoms with Gasteiger partial charge < -0.3 is 5.11 Å². The summed E-state index contributed by atoms with van der Waals surface area (Å²) < 4.78 is 0. The predicted molar refractivity (Wildman–Crippen MR) is 63.0 cm³/mol. The molecule has 1 aromatic rings. The molecule has 1 nitrogen and oxygen atoms in total. The van der Waals surface area contributed by atoms with Crippen LogP contribution in [0.1, 0.15) is 49.7 Å². The Balaban J connectivity index is 2.21. The van der Waals surface area contributed by atoms with E-state index in [1.54, 1.807) is 0 Å². The topological polar surface area (TPSA) is 20.2 Å². The summed E-state index contributed by atoms with van der Waals surface area (Å²) >= 11 is 0. The number of rotatable bonds is 3. The first kappa shape index (κ1) is 10.7. The van der Waals surface area contributed by atoms with E-state index in [1.807, 2.05) is 0 Å². The van der Waals surface area contributed by atoms with E-state index >= 15 is 0 Å². The summed E-state index contributed by atoms with van der Waals surface area (Å²) in [6.07, 6.45) is 5.42. The zero-order valence-corrected chi connectivity index (χ0v) is 9.45. The minimum absolute atomic E-state index is 0.142. The second-order valence-electron chi connectivity index (χ2n) is 4.55. The normalized spacial score (nSPS) is 22.1. The molecule has 0 saturated heterocycles. The highest BCUT2D eigenvalue weighted by atomic mass is 16.3. The first-order chi connectivity index (χ1) is 7.33. The molecule has 0 aliphatic heterocycles. The average Bonchev–Trinajstić information content (AvgIpc) is 2.28. The van der Waals surface area contributed by atoms with Crippen LogP contribution in [0.5, 0.6) is 0 Å². The fourth-order valence-corrected chi connectivity index (χ4v) is 2.69. The molecule has 0 saturated carbocycles. The Morgan fingerprint density at radius 1 is 1.40 bits per heavy atom. The van der Waals surface area contributed by atoms with Crippen molar-refractivity contribution in [3.8, 4) is 0 Å². The van der Waals surface area contributed by atoms with Gasteiger partial charge in [0.25, 0.3) is 0 Å². The van der Waals surface area contributed by atoms with E-state index in [0.29, 0.717) is 5.92 Å². The number of fused-ring (bicyclic) bond motifs is 1. The van der Waals surface area contributed by atoms with E-state index in [4.69, 9.17) is 0 Å². The Labute approximate surface area is 92.1 Å². The first-order valence-corrected chi connectivity index (χ1v) is 6.08. The van der Waals surface area contributed by atoms with Crippen molar-refractivity contribution in [2.75, 3.05) is 0 Å². The molecule has 0 amide bonds. The average molecular weight is 204 g/mol. The van der Waals surface area contributed by atoms with Crippen molar-refractivity contribution in [3.63, 3.8) is 0 Å². The van der Waals surface area contributed by atoms with Gasteiger partial charge in [-0.2, -0.15) is 0 Å². The van der Waals surface area contributed by atoms with Gasteiger partial charge in [-0.15, -0.1) is 0 Å². The van der Waals surface area contributed by atoms with Crippen molar-refractivity contribution >= 4 is 0 Å². The predicted octanol–water partition coefficient (Wildman–Crippen LogP) is 3.27. The van der Waals surface area contributed by atoms with Gasteiger partial charge in [0.1, 0.15) is 0 Å². The molecule has 2 rings (SSSR count). The van der Waals surface area contributed by atoms with Crippen LogP contribution in [0.15, 0.2) is 24.3 Å². The van der Waals surface area contributed by atoms with Gasteiger partial charge in [-0.05, 0) is 36.8 Å². The third kappa shape index (κ3) is 2.23. The number of aliphatic hydroxyl groups excluding tert-OH is 1. The second kappa shape index (κ2) is 4.80. The molecular formula is C14H20O. The fraction of sp³-hybridized carbons (Fsp3) is 0.571. The van der Waals surface area contributed by atoms with E-state index in [0.717, 1.165) is 19.3 Å². The van der Waals surface area contributed by atoms with Gasteiger partial charge >= 0.3 is 0 Å². The van der Waals surface area contributed by atoms with E-state index in [2.05, 4.69) is 31.2 Å². The highest BCUT2D eigenvalue weighted by molar-refractivity contribution is 5.33. The van der Waals surface area contributed by atoms with Gasteiger partial charge in [-0.3, -0.25) is 0 Å². The molecule has 0 bridgehead atoms. The van der Waals surface area contributed by atoms with Crippen LogP contribution < -0.4 is 0 Å². The molecule has 1 N–H and O–H groups in total. The van der Waals surface area contributed by atoms with Crippen LogP contribution >= 0.6 is 0 Å². The van der Waals surface area contributed by atoms with Gasteiger partial charge in [0.05, 0.1) is 6.10 Å². The molecule has 0 radical (unpaired) electrons. The molecule has 0 spiro atoms. The standard InChI is InChI=1S/C14H20O/c1-2-6-14(15)13-10-5-8-11-7-3-4-9-12(11)13/h3-4,7,9,13-15H,2,5-6,8,10H2,1H3/t13?,14-/m1/s1. The Bertz CT molecular complexity index is 319. The van der Waals surface area contributed by atoms with Crippen LogP contribution in [0.3, 0.4) is 0 Å². The van der Waals surface area contributed by atoms with Gasteiger partial charge in [0.2, 0.25) is 0 Å². The smallest absolute Gasteiger partial charge is 0.0608 e. The van der Waals surface area contributed by atoms with Crippen LogP contribution in [0.25, 0.3) is 0 Å². The Morgan fingerprint density at radius 3 is 3.00 bits per heavy atom. The van der Waals surface area contributed by atoms with Crippen molar-refractivity contribution in [1.82, 2.24) is 0 Å². The summed E-state index contributed by atoms with van der Waals surface area (Å²) in [7, 11) is 0. The molecule has 1 heteroatoms. The van der Waals surface area contributed by atoms with Gasteiger partial charge in [0, 0.05) is 5.92 Å². The van der Waals surface area contributed by atoms with Crippen LogP contribution in [0.4, 0.5) is 0 Å². The number of aliphatic hydroxyl groups is 1. The van der Waals surface area contributed by atoms with Gasteiger partial charge in [-0.1, -0.05) is 37.6 Å².